The van der Waals surface area contributed by atoms with Gasteiger partial charge in [0, 0.05) is 0 Å². The second kappa shape index (κ2) is 72.6. The van der Waals surface area contributed by atoms with Gasteiger partial charge in [-0.25, -0.2) is 57.5 Å². The van der Waals surface area contributed by atoms with E-state index in [4.69, 9.17) is 30.6 Å². The van der Waals surface area contributed by atoms with Crippen molar-refractivity contribution in [3.05, 3.63) is 105 Å². The Balaban J connectivity index is -0.0000000843. The molecule has 0 fully saturated rings. The summed E-state index contributed by atoms with van der Waals surface area (Å²) in [5.74, 6) is -7.64. The molecule has 6 aromatic heterocycles. The summed E-state index contributed by atoms with van der Waals surface area (Å²) in [5.41, 5.74) is -0.134. The molecule has 0 spiro atoms. The van der Waals surface area contributed by atoms with Crippen LogP contribution in [0.15, 0.2) is 36.4 Å². The minimum Gasteiger partial charge on any atom is -0.857 e. The molecular weight excluding hydrogens is 1610 g/mol. The van der Waals surface area contributed by atoms with Gasteiger partial charge in [0.2, 0.25) is 0 Å². The molecule has 0 amide bonds. The largest absolute Gasteiger partial charge is 2.00 e. The summed E-state index contributed by atoms with van der Waals surface area (Å²) in [4.78, 5) is 130. The van der Waals surface area contributed by atoms with Crippen molar-refractivity contribution in [1.82, 2.24) is 61.2 Å². The van der Waals surface area contributed by atoms with Gasteiger partial charge >= 0.3 is 174 Å². The van der Waals surface area contributed by atoms with Crippen LogP contribution in [0.4, 0.5) is 0 Å². The summed E-state index contributed by atoms with van der Waals surface area (Å²) in [6, 6.07) is 7.24. The molecule has 0 bridgehead atoms. The van der Waals surface area contributed by atoms with Gasteiger partial charge in [0.1, 0.15) is 34.2 Å². The molecule has 42 nitrogen and oxygen atoms in total. The molecule has 96 heavy (non-hydrogen) atoms. The summed E-state index contributed by atoms with van der Waals surface area (Å²) in [7, 11) is 19.1. The first kappa shape index (κ1) is 115. The van der Waals surface area contributed by atoms with Crippen molar-refractivity contribution in [2.45, 2.75) is 0 Å². The Bertz CT molecular complexity index is 2360. The maximum atomic E-state index is 10.9. The molecule has 0 aromatic carbocycles. The summed E-state index contributed by atoms with van der Waals surface area (Å²) in [5, 5.41) is 90.7. The van der Waals surface area contributed by atoms with E-state index in [0.29, 0.717) is 0 Å². The molecule has 0 atom stereocenters. The molecule has 6 radical (unpaired) electrons. The van der Waals surface area contributed by atoms with Crippen molar-refractivity contribution in [3.8, 4) is 0 Å². The molecule has 6 heterocycles. The molecule has 558 valence electrons. The van der Waals surface area contributed by atoms with Gasteiger partial charge in [0.25, 0.3) is 0 Å². The fourth-order valence-corrected chi connectivity index (χ4v) is 4.22. The van der Waals surface area contributed by atoms with Gasteiger partial charge in [-0.15, -0.1) is 0 Å². The number of esters is 12. The van der Waals surface area contributed by atoms with Gasteiger partial charge in [-0.05, 0) is 70.6 Å². The van der Waals surface area contributed by atoms with Crippen molar-refractivity contribution in [2.75, 3.05) is 128 Å². The molecule has 0 saturated heterocycles. The number of hydrogen-bond donors (Lipinski definition) is 0. The van der Waals surface area contributed by atoms with Crippen LogP contribution in [-0.4, -0.2) is 230 Å². The normalized spacial score (nSPS) is 8.00. The monoisotopic (exact) mass is 1660 g/mol. The van der Waals surface area contributed by atoms with Crippen LogP contribution in [-0.2, 0) is 159 Å². The van der Waals surface area contributed by atoms with Gasteiger partial charge < -0.3 is 149 Å². The quantitative estimate of drug-likeness (QED) is 0.0624. The van der Waals surface area contributed by atoms with E-state index in [1.807, 2.05) is 0 Å². The first-order valence-corrected chi connectivity index (χ1v) is 22.6. The van der Waals surface area contributed by atoms with Crippen molar-refractivity contribution >= 4 is 71.6 Å². The van der Waals surface area contributed by atoms with E-state index < -0.39 is 71.6 Å². The summed E-state index contributed by atoms with van der Waals surface area (Å²) < 4.78 is 52.4. The Hall–Kier alpha value is -8.22. The van der Waals surface area contributed by atoms with Crippen LogP contribution in [0.1, 0.15) is 126 Å². The smallest absolute Gasteiger partial charge is 0.857 e. The Morgan fingerprint density at radius 1 is 0.208 bits per heavy atom. The maximum absolute atomic E-state index is 10.9. The number of rotatable bonds is 12. The number of ether oxygens (including phenoxy) is 12. The molecule has 0 unspecified atom stereocenters. The first-order chi connectivity index (χ1) is 43.1. The number of nitrogens with zero attached hydrogens (tertiary/aromatic N) is 12. The third-order valence-electron chi connectivity index (χ3n) is 7.97. The van der Waals surface area contributed by atoms with E-state index in [1.54, 1.807) is 0 Å². The van der Waals surface area contributed by atoms with Gasteiger partial charge in [-0.1, -0.05) is 0 Å². The Morgan fingerprint density at radius 3 is 0.365 bits per heavy atom. The Kier molecular flexibility index (Phi) is 87.1. The van der Waals surface area contributed by atoms with E-state index in [2.05, 4.69) is 118 Å². The van der Waals surface area contributed by atoms with Crippen LogP contribution in [0.2, 0.25) is 0 Å². The minimum absolute atomic E-state index is 0. The summed E-state index contributed by atoms with van der Waals surface area (Å²) >= 11 is 0. The number of hydrogen-bond acceptors (Lipinski definition) is 36. The van der Waals surface area contributed by atoms with Crippen LogP contribution in [0, 0.1) is 0 Å². The van der Waals surface area contributed by atoms with Gasteiger partial charge in [-0.2, -0.15) is 42.7 Å². The van der Waals surface area contributed by atoms with Crippen LogP contribution >= 0.6 is 0 Å². The standard InChI is InChI=1S/6C7H8N2O4.6CH3O.6Cu/c6*1-12-6(10)4-3-5(9-8-4)7(11)13-2;6*1-2;;;;;;/h6*3H,1-2H3,(H,8,9,10,11);6*1H3;;;;;;/q;;;;;;6*-1;6*+2/p-6. The summed E-state index contributed by atoms with van der Waals surface area (Å²) in [6.45, 7) is 0. The molecule has 0 saturated carbocycles. The minimum atomic E-state index is -0.636. The predicted octanol–water partition coefficient (Wildman–Crippen LogP) is -8.48. The van der Waals surface area contributed by atoms with E-state index in [-0.39, 0.29) is 171 Å². The van der Waals surface area contributed by atoms with Crippen molar-refractivity contribution in [1.29, 1.82) is 0 Å². The zero-order chi connectivity index (χ0) is 71.1. The first-order valence-electron chi connectivity index (χ1n) is 22.6. The molecule has 48 heteroatoms. The van der Waals surface area contributed by atoms with E-state index in [1.165, 1.54) is 122 Å². The SMILES string of the molecule is COC(=O)c1cc(C(=O)OC)[n-]n1.COC(=O)c1cc(C(=O)OC)[n-]n1.COC(=O)c1cc(C(=O)OC)[n-]n1.COC(=O)c1cc(C(=O)OC)[n-]n1.COC(=O)c1cc(C(=O)OC)[n-]n1.COC(=O)c1cc(C(=O)OC)[n-]n1.C[O-].C[O-].C[O-].C[O-].C[O-].C[O-].[Cu+2].[Cu+2].[Cu+2].[Cu+2].[Cu+2].[Cu+2]. The van der Waals surface area contributed by atoms with Crippen LogP contribution in [0.3, 0.4) is 0 Å². The molecule has 6 aromatic rings. The average molecular weight is 1670 g/mol. The molecular formula is C48H60Cu6N12O30. The van der Waals surface area contributed by atoms with Crippen LogP contribution < -0.4 is 61.2 Å². The van der Waals surface area contributed by atoms with Gasteiger partial charge in [-0.3, -0.25) is 0 Å². The van der Waals surface area contributed by atoms with Crippen molar-refractivity contribution < 1.29 is 247 Å². The number of aromatic nitrogens is 12. The zero-order valence-corrected chi connectivity index (χ0v) is 58.5. The number of methoxy groups -OCH3 is 12. The Labute approximate surface area is 609 Å². The van der Waals surface area contributed by atoms with Crippen LogP contribution in [0.5, 0.6) is 0 Å². The number of carbonyl (C=O) groups is 12. The molecule has 6 rings (SSSR count). The van der Waals surface area contributed by atoms with E-state index in [9.17, 15) is 57.5 Å². The topological polar surface area (TPSA) is 616 Å². The molecule has 0 aliphatic carbocycles. The second-order valence-corrected chi connectivity index (χ2v) is 12.6. The molecule has 0 N–H and O–H groups in total. The predicted molar refractivity (Wildman–Crippen MR) is 277 cm³/mol. The van der Waals surface area contributed by atoms with Crippen molar-refractivity contribution in [3.63, 3.8) is 0 Å². The third kappa shape index (κ3) is 44.4. The summed E-state index contributed by atoms with van der Waals surface area (Å²) in [6.07, 6.45) is 0. The van der Waals surface area contributed by atoms with E-state index in [0.717, 1.165) is 42.7 Å². The Morgan fingerprint density at radius 2 is 0.292 bits per heavy atom. The van der Waals surface area contributed by atoms with Gasteiger partial charge in [0.15, 0.2) is 0 Å². The fourth-order valence-electron chi connectivity index (χ4n) is 4.22. The zero-order valence-electron chi connectivity index (χ0n) is 52.9. The molecule has 0 aliphatic heterocycles. The fraction of sp³-hybridized carbons (Fsp3) is 0.375. The maximum Gasteiger partial charge on any atom is 2.00 e. The average Bonchev–Trinajstić information content (AvgIpc) is 2.00. The van der Waals surface area contributed by atoms with Gasteiger partial charge in [0.05, 0.1) is 85.3 Å². The van der Waals surface area contributed by atoms with Crippen LogP contribution in [0.25, 0.3) is 0 Å². The number of carbonyl (C=O) groups excluding carboxylic acids is 12. The van der Waals surface area contributed by atoms with E-state index >= 15 is 0 Å². The third-order valence-corrected chi connectivity index (χ3v) is 7.97. The second-order valence-electron chi connectivity index (χ2n) is 12.6. The van der Waals surface area contributed by atoms with Crippen molar-refractivity contribution in [2.24, 2.45) is 0 Å². The molecule has 0 aliphatic rings.